The third-order valence-electron chi connectivity index (χ3n) is 11.5. The summed E-state index contributed by atoms with van der Waals surface area (Å²) >= 11 is 0. The van der Waals surface area contributed by atoms with E-state index in [4.69, 9.17) is 0 Å². The molecule has 10 rings (SSSR count). The van der Waals surface area contributed by atoms with Gasteiger partial charge in [0.25, 0.3) is 0 Å². The lowest BCUT2D eigenvalue weighted by atomic mass is 9.82. The summed E-state index contributed by atoms with van der Waals surface area (Å²) in [7, 11) is 0. The van der Waals surface area contributed by atoms with Gasteiger partial charge in [0.15, 0.2) is 0 Å². The van der Waals surface area contributed by atoms with Crippen LogP contribution in [0, 0.1) is 13.8 Å². The van der Waals surface area contributed by atoms with E-state index in [1.807, 2.05) is 0 Å². The number of nitrogens with zero attached hydrogens (tertiary/aromatic N) is 3. The Kier molecular flexibility index (Phi) is 7.28. The molecule has 3 heterocycles. The van der Waals surface area contributed by atoms with Gasteiger partial charge in [-0.25, -0.2) is 0 Å². The van der Waals surface area contributed by atoms with Crippen LogP contribution in [0.4, 0.5) is 17.1 Å². The second-order valence-corrected chi connectivity index (χ2v) is 15.1. The molecule has 3 nitrogen and oxygen atoms in total. The first kappa shape index (κ1) is 32.1. The van der Waals surface area contributed by atoms with Gasteiger partial charge in [0.05, 0.1) is 28.1 Å². The molecule has 0 N–H and O–H groups in total. The van der Waals surface area contributed by atoms with Gasteiger partial charge in [0.2, 0.25) is 0 Å². The molecule has 0 saturated carbocycles. The van der Waals surface area contributed by atoms with Crippen LogP contribution < -0.4 is 4.90 Å². The van der Waals surface area contributed by atoms with E-state index in [0.29, 0.717) is 0 Å². The van der Waals surface area contributed by atoms with Crippen molar-refractivity contribution in [2.75, 3.05) is 4.90 Å². The Labute approximate surface area is 317 Å². The first-order chi connectivity index (χ1) is 26.4. The molecule has 1 aliphatic rings. The van der Waals surface area contributed by atoms with Gasteiger partial charge in [0, 0.05) is 38.9 Å². The highest BCUT2D eigenvalue weighted by Gasteiger charge is 2.42. The summed E-state index contributed by atoms with van der Waals surface area (Å²) in [5.74, 6) is 0. The van der Waals surface area contributed by atoms with E-state index < -0.39 is 0 Å². The maximum absolute atomic E-state index is 2.57. The van der Waals surface area contributed by atoms with E-state index in [-0.39, 0.29) is 5.41 Å². The number of rotatable bonds is 6. The quantitative estimate of drug-likeness (QED) is 0.169. The fourth-order valence-corrected chi connectivity index (χ4v) is 9.01. The molecule has 3 heteroatoms. The zero-order chi connectivity index (χ0) is 36.6. The molecular formula is C51H41N3. The fraction of sp³-hybridized carbons (Fsp3) is 0.0980. The summed E-state index contributed by atoms with van der Waals surface area (Å²) < 4.78 is 5.12. The highest BCUT2D eigenvalue weighted by atomic mass is 15.1. The Morgan fingerprint density at radius 2 is 1.11 bits per heavy atom. The normalized spacial score (nSPS) is 13.0. The number of fused-ring (bicyclic) bond motifs is 7. The average molecular weight is 696 g/mol. The van der Waals surface area contributed by atoms with E-state index in [1.165, 1.54) is 72.3 Å². The van der Waals surface area contributed by atoms with Crippen LogP contribution in [0.15, 0.2) is 176 Å². The second kappa shape index (κ2) is 12.2. The summed E-state index contributed by atoms with van der Waals surface area (Å²) in [6.45, 7) is 9.23. The van der Waals surface area contributed by atoms with Crippen molar-refractivity contribution in [1.82, 2.24) is 9.13 Å². The number of hydrogen-bond acceptors (Lipinski definition) is 1. The molecule has 54 heavy (non-hydrogen) atoms. The molecule has 0 amide bonds. The molecule has 0 aliphatic carbocycles. The maximum atomic E-state index is 2.57. The van der Waals surface area contributed by atoms with Crippen LogP contribution in [0.25, 0.3) is 55.6 Å². The monoisotopic (exact) mass is 695 g/mol. The van der Waals surface area contributed by atoms with Gasteiger partial charge >= 0.3 is 0 Å². The number of para-hydroxylation sites is 3. The molecule has 2 aromatic heterocycles. The molecule has 0 unspecified atom stereocenters. The molecule has 0 bridgehead atoms. The minimum absolute atomic E-state index is 0.250. The van der Waals surface area contributed by atoms with Crippen LogP contribution in [-0.4, -0.2) is 9.13 Å². The predicted molar refractivity (Wildman–Crippen MR) is 227 cm³/mol. The Morgan fingerprint density at radius 3 is 1.81 bits per heavy atom. The van der Waals surface area contributed by atoms with Crippen molar-refractivity contribution in [2.45, 2.75) is 33.1 Å². The van der Waals surface area contributed by atoms with Crippen molar-refractivity contribution in [2.24, 2.45) is 0 Å². The molecular weight excluding hydrogens is 655 g/mol. The average Bonchev–Trinajstić information content (AvgIpc) is 3.80. The minimum Gasteiger partial charge on any atom is -0.310 e. The van der Waals surface area contributed by atoms with Crippen molar-refractivity contribution < 1.29 is 0 Å². The van der Waals surface area contributed by atoms with Gasteiger partial charge in [-0.3, -0.25) is 0 Å². The van der Waals surface area contributed by atoms with Crippen molar-refractivity contribution in [3.8, 4) is 33.8 Å². The Balaban J connectivity index is 1.36. The summed E-state index contributed by atoms with van der Waals surface area (Å²) in [4.78, 5) is 2.37. The van der Waals surface area contributed by atoms with E-state index >= 15 is 0 Å². The van der Waals surface area contributed by atoms with Crippen LogP contribution in [0.1, 0.15) is 36.2 Å². The Hall–Kier alpha value is -6.58. The summed E-state index contributed by atoms with van der Waals surface area (Å²) in [5.41, 5.74) is 18.2. The molecule has 260 valence electrons. The van der Waals surface area contributed by atoms with Crippen LogP contribution in [0.5, 0.6) is 0 Å². The van der Waals surface area contributed by atoms with E-state index in [0.717, 1.165) is 22.7 Å². The molecule has 1 aliphatic heterocycles. The molecule has 0 saturated heterocycles. The lowest BCUT2D eigenvalue weighted by Gasteiger charge is -2.25. The summed E-state index contributed by atoms with van der Waals surface area (Å²) in [5, 5.41) is 2.50. The van der Waals surface area contributed by atoms with Crippen LogP contribution >= 0.6 is 0 Å². The van der Waals surface area contributed by atoms with Crippen LogP contribution in [0.3, 0.4) is 0 Å². The highest BCUT2D eigenvalue weighted by molar-refractivity contribution is 6.19. The van der Waals surface area contributed by atoms with Gasteiger partial charge in [-0.2, -0.15) is 0 Å². The number of aryl methyl sites for hydroxylation is 2. The first-order valence-electron chi connectivity index (χ1n) is 18.9. The lowest BCUT2D eigenvalue weighted by molar-refractivity contribution is 0.646. The molecule has 0 radical (unpaired) electrons. The van der Waals surface area contributed by atoms with E-state index in [2.05, 4.69) is 218 Å². The van der Waals surface area contributed by atoms with E-state index in [9.17, 15) is 0 Å². The zero-order valence-electron chi connectivity index (χ0n) is 31.1. The van der Waals surface area contributed by atoms with Gasteiger partial charge < -0.3 is 14.0 Å². The summed E-state index contributed by atoms with van der Waals surface area (Å²) in [6, 6.07) is 64.2. The SMILES string of the molecule is Cc1ccccc1-c1cc(-n2c3ccc(N(c4ccccc4)c4ccccc4)cc3c3c(-c4ccccc4)n4c(c32)C(C)(C)c2ccccc2-4)ccc1C. The standard InChI is InChI=1S/C51H41N3/c1-34-18-14-15-25-41(34)42-32-40(29-28-35(42)2)53-45-31-30-39(52(37-21-10-6-11-22-37)38-23-12-7-13-24-38)33-43(45)47-48(36-19-8-5-9-20-36)54-46-27-17-16-26-44(46)51(3,4)50(54)49(47)53/h5-33H,1-4H3. The van der Waals surface area contributed by atoms with Gasteiger partial charge in [-0.1, -0.05) is 129 Å². The third-order valence-corrected chi connectivity index (χ3v) is 11.5. The minimum atomic E-state index is -0.250. The molecule has 0 atom stereocenters. The Bertz CT molecular complexity index is 2820. The first-order valence-corrected chi connectivity index (χ1v) is 18.9. The largest absolute Gasteiger partial charge is 0.310 e. The third kappa shape index (κ3) is 4.75. The van der Waals surface area contributed by atoms with Crippen molar-refractivity contribution >= 4 is 38.9 Å². The smallest absolute Gasteiger partial charge is 0.0770 e. The van der Waals surface area contributed by atoms with E-state index in [1.54, 1.807) is 0 Å². The van der Waals surface area contributed by atoms with Crippen molar-refractivity contribution in [1.29, 1.82) is 0 Å². The number of aromatic nitrogens is 2. The zero-order valence-corrected chi connectivity index (χ0v) is 31.1. The van der Waals surface area contributed by atoms with Crippen molar-refractivity contribution in [3.63, 3.8) is 0 Å². The molecule has 9 aromatic rings. The van der Waals surface area contributed by atoms with Gasteiger partial charge in [0.1, 0.15) is 0 Å². The molecule has 0 fully saturated rings. The van der Waals surface area contributed by atoms with Crippen molar-refractivity contribution in [3.05, 3.63) is 198 Å². The van der Waals surface area contributed by atoms with Gasteiger partial charge in [-0.15, -0.1) is 0 Å². The second-order valence-electron chi connectivity index (χ2n) is 15.1. The van der Waals surface area contributed by atoms with Crippen LogP contribution in [0.2, 0.25) is 0 Å². The molecule has 7 aromatic carbocycles. The van der Waals surface area contributed by atoms with Gasteiger partial charge in [-0.05, 0) is 108 Å². The number of hydrogen-bond donors (Lipinski definition) is 0. The maximum Gasteiger partial charge on any atom is 0.0770 e. The highest BCUT2D eigenvalue weighted by Crippen LogP contribution is 2.54. The number of benzene rings is 7. The molecule has 0 spiro atoms. The number of anilines is 3. The summed E-state index contributed by atoms with van der Waals surface area (Å²) in [6.07, 6.45) is 0. The van der Waals surface area contributed by atoms with Crippen LogP contribution in [-0.2, 0) is 5.41 Å². The lowest BCUT2D eigenvalue weighted by Crippen LogP contribution is -2.16. The fourth-order valence-electron chi connectivity index (χ4n) is 9.01. The topological polar surface area (TPSA) is 13.1 Å². The Morgan fingerprint density at radius 1 is 0.500 bits per heavy atom. The predicted octanol–water partition coefficient (Wildman–Crippen LogP) is 13.6.